The lowest BCUT2D eigenvalue weighted by molar-refractivity contribution is 0.597. The molecule has 1 heterocycles. The first kappa shape index (κ1) is 12.1. The van der Waals surface area contributed by atoms with E-state index in [1.165, 1.54) is 6.20 Å². The van der Waals surface area contributed by atoms with Crippen molar-refractivity contribution >= 4 is 9.84 Å². The van der Waals surface area contributed by atoms with E-state index in [4.69, 9.17) is 0 Å². The molecule has 0 N–H and O–H groups in total. The van der Waals surface area contributed by atoms with E-state index in [0.717, 1.165) is 6.26 Å². The second kappa shape index (κ2) is 4.97. The highest BCUT2D eigenvalue weighted by Gasteiger charge is 2.10. The summed E-state index contributed by atoms with van der Waals surface area (Å²) in [7, 11) is -3.14. The molecule has 4 heteroatoms. The molecule has 13 heavy (non-hydrogen) atoms. The molecule has 0 saturated carbocycles. The molecule has 0 saturated heterocycles. The Labute approximate surface area is 79.7 Å². The molecule has 0 aliphatic rings. The zero-order chi connectivity index (χ0) is 10.5. The highest BCUT2D eigenvalue weighted by molar-refractivity contribution is 7.90. The first-order valence-corrected chi connectivity index (χ1v) is 6.02. The Morgan fingerprint density at radius 2 is 1.85 bits per heavy atom. The minimum absolute atomic E-state index is 0.167. The van der Waals surface area contributed by atoms with E-state index in [9.17, 15) is 8.42 Å². The van der Waals surface area contributed by atoms with Crippen molar-refractivity contribution in [2.45, 2.75) is 25.8 Å². The van der Waals surface area contributed by atoms with Gasteiger partial charge in [-0.3, -0.25) is 0 Å². The lowest BCUT2D eigenvalue weighted by Crippen LogP contribution is -2.02. The summed E-state index contributed by atoms with van der Waals surface area (Å²) in [6.07, 6.45) is 2.63. The summed E-state index contributed by atoms with van der Waals surface area (Å²) in [5.74, 6) is 0. The molecule has 0 aromatic carbocycles. The van der Waals surface area contributed by atoms with Crippen molar-refractivity contribution in [1.29, 1.82) is 0 Å². The summed E-state index contributed by atoms with van der Waals surface area (Å²) < 4.78 is 22.0. The minimum Gasteiger partial charge on any atom is -0.244 e. The van der Waals surface area contributed by atoms with Crippen molar-refractivity contribution in [1.82, 2.24) is 4.98 Å². The number of hydrogen-bond donors (Lipinski definition) is 0. The normalized spacial score (nSPS) is 10.2. The molecule has 0 fully saturated rings. The van der Waals surface area contributed by atoms with Gasteiger partial charge >= 0.3 is 0 Å². The topological polar surface area (TPSA) is 47.0 Å². The van der Waals surface area contributed by atoms with Crippen molar-refractivity contribution in [3.63, 3.8) is 0 Å². The number of rotatable bonds is 1. The maximum absolute atomic E-state index is 11.0. The second-order valence-electron chi connectivity index (χ2n) is 2.40. The quantitative estimate of drug-likeness (QED) is 0.696. The van der Waals surface area contributed by atoms with Crippen LogP contribution < -0.4 is 0 Å². The van der Waals surface area contributed by atoms with E-state index in [1.807, 2.05) is 13.8 Å². The van der Waals surface area contributed by atoms with Gasteiger partial charge in [0.1, 0.15) is 0 Å². The van der Waals surface area contributed by atoms with Crippen LogP contribution in [-0.2, 0) is 9.84 Å². The van der Waals surface area contributed by atoms with E-state index in [1.54, 1.807) is 19.1 Å². The van der Waals surface area contributed by atoms with Crippen LogP contribution in [0.3, 0.4) is 0 Å². The fourth-order valence-electron chi connectivity index (χ4n) is 0.859. The highest BCUT2D eigenvalue weighted by Crippen LogP contribution is 2.09. The molecule has 0 radical (unpaired) electrons. The first-order valence-electron chi connectivity index (χ1n) is 4.13. The van der Waals surface area contributed by atoms with Crippen LogP contribution in [0.15, 0.2) is 23.4 Å². The van der Waals surface area contributed by atoms with Gasteiger partial charge in [0.05, 0.1) is 0 Å². The lowest BCUT2D eigenvalue weighted by Gasteiger charge is -1.99. The third-order valence-corrected chi connectivity index (χ3v) is 2.44. The molecule has 0 spiro atoms. The Balaban J connectivity index is 0.000000671. The van der Waals surface area contributed by atoms with E-state index in [0.29, 0.717) is 5.56 Å². The number of nitrogens with zero attached hydrogens (tertiary/aromatic N) is 1. The molecule has 0 aliphatic heterocycles. The molecule has 3 nitrogen and oxygen atoms in total. The van der Waals surface area contributed by atoms with Gasteiger partial charge in [-0.15, -0.1) is 0 Å². The summed E-state index contributed by atoms with van der Waals surface area (Å²) in [5.41, 5.74) is 0.690. The average Bonchev–Trinajstić information content (AvgIpc) is 2.07. The maximum Gasteiger partial charge on any atom is 0.193 e. The van der Waals surface area contributed by atoms with Crippen LogP contribution in [0.1, 0.15) is 19.4 Å². The molecule has 0 amide bonds. The van der Waals surface area contributed by atoms with E-state index < -0.39 is 9.84 Å². The third kappa shape index (κ3) is 3.55. The Bertz CT molecular complexity index is 358. The summed E-state index contributed by atoms with van der Waals surface area (Å²) >= 11 is 0. The fraction of sp³-hybridized carbons (Fsp3) is 0.444. The molecule has 74 valence electrons. The predicted octanol–water partition coefficient (Wildman–Crippen LogP) is 1.82. The van der Waals surface area contributed by atoms with Crippen molar-refractivity contribution in [2.75, 3.05) is 6.26 Å². The standard InChI is InChI=1S/C7H9NO2S.C2H6/c1-6-4-3-5-8-7(6)11(2,9)10;1-2/h3-5H,1-2H3;1-2H3. The lowest BCUT2D eigenvalue weighted by atomic mass is 10.3. The molecule has 0 unspecified atom stereocenters. The largest absolute Gasteiger partial charge is 0.244 e. The van der Waals surface area contributed by atoms with E-state index in [2.05, 4.69) is 4.98 Å². The summed E-state index contributed by atoms with van der Waals surface area (Å²) in [6.45, 7) is 5.73. The molecule has 0 bridgehead atoms. The molecule has 1 aromatic rings. The monoisotopic (exact) mass is 201 g/mol. The Morgan fingerprint density at radius 3 is 2.15 bits per heavy atom. The second-order valence-corrected chi connectivity index (χ2v) is 4.33. The Kier molecular flexibility index (Phi) is 4.62. The van der Waals surface area contributed by atoms with Gasteiger partial charge in [-0.25, -0.2) is 13.4 Å². The van der Waals surface area contributed by atoms with Crippen molar-refractivity contribution in [3.05, 3.63) is 23.9 Å². The number of aryl methyl sites for hydroxylation is 1. The van der Waals surface area contributed by atoms with Crippen LogP contribution >= 0.6 is 0 Å². The van der Waals surface area contributed by atoms with Crippen LogP contribution in [0, 0.1) is 6.92 Å². The maximum atomic E-state index is 11.0. The molecule has 1 rings (SSSR count). The molecule has 0 aliphatic carbocycles. The van der Waals surface area contributed by atoms with Crippen molar-refractivity contribution < 1.29 is 8.42 Å². The Hall–Kier alpha value is -0.900. The van der Waals surface area contributed by atoms with E-state index in [-0.39, 0.29) is 5.03 Å². The molecular formula is C9H15NO2S. The summed E-state index contributed by atoms with van der Waals surface area (Å²) in [6, 6.07) is 3.44. The number of hydrogen-bond acceptors (Lipinski definition) is 3. The van der Waals surface area contributed by atoms with Gasteiger partial charge in [0.2, 0.25) is 0 Å². The van der Waals surface area contributed by atoms with Crippen molar-refractivity contribution in [3.8, 4) is 0 Å². The molecule has 1 aromatic heterocycles. The van der Waals surface area contributed by atoms with Crippen molar-refractivity contribution in [2.24, 2.45) is 0 Å². The van der Waals surface area contributed by atoms with Gasteiger partial charge in [-0.05, 0) is 18.6 Å². The van der Waals surface area contributed by atoms with Crippen LogP contribution in [0.5, 0.6) is 0 Å². The van der Waals surface area contributed by atoms with Gasteiger partial charge in [0, 0.05) is 12.5 Å². The van der Waals surface area contributed by atoms with Crippen LogP contribution in [0.25, 0.3) is 0 Å². The highest BCUT2D eigenvalue weighted by atomic mass is 32.2. The molecule has 0 atom stereocenters. The van der Waals surface area contributed by atoms with Gasteiger partial charge in [-0.1, -0.05) is 19.9 Å². The summed E-state index contributed by atoms with van der Waals surface area (Å²) in [5, 5.41) is 0.167. The zero-order valence-electron chi connectivity index (χ0n) is 8.40. The van der Waals surface area contributed by atoms with Gasteiger partial charge in [0.15, 0.2) is 14.9 Å². The van der Waals surface area contributed by atoms with Crippen LogP contribution in [0.2, 0.25) is 0 Å². The number of aromatic nitrogens is 1. The van der Waals surface area contributed by atoms with Gasteiger partial charge in [0.25, 0.3) is 0 Å². The number of sulfone groups is 1. The minimum atomic E-state index is -3.14. The zero-order valence-corrected chi connectivity index (χ0v) is 9.22. The number of pyridine rings is 1. The average molecular weight is 201 g/mol. The fourth-order valence-corrected chi connectivity index (χ4v) is 1.76. The Morgan fingerprint density at radius 1 is 1.31 bits per heavy atom. The molecular weight excluding hydrogens is 186 g/mol. The van der Waals surface area contributed by atoms with Crippen LogP contribution in [-0.4, -0.2) is 19.7 Å². The SMILES string of the molecule is CC.Cc1cccnc1S(C)(=O)=O. The first-order chi connectivity index (χ1) is 6.02. The van der Waals surface area contributed by atoms with Gasteiger partial charge in [-0.2, -0.15) is 0 Å². The predicted molar refractivity (Wildman–Crippen MR) is 53.4 cm³/mol. The van der Waals surface area contributed by atoms with E-state index >= 15 is 0 Å². The smallest absolute Gasteiger partial charge is 0.193 e. The van der Waals surface area contributed by atoms with Gasteiger partial charge < -0.3 is 0 Å². The summed E-state index contributed by atoms with van der Waals surface area (Å²) in [4.78, 5) is 3.76. The van der Waals surface area contributed by atoms with Crippen LogP contribution in [0.4, 0.5) is 0 Å². The third-order valence-electron chi connectivity index (χ3n) is 1.31.